The molecule has 6 heteroatoms. The monoisotopic (exact) mass is 218 g/mol. The van der Waals surface area contributed by atoms with E-state index in [2.05, 4.69) is 15.5 Å². The predicted octanol–water partition coefficient (Wildman–Crippen LogP) is -0.305. The van der Waals surface area contributed by atoms with Gasteiger partial charge in [0.25, 0.3) is 10.1 Å². The fraction of sp³-hybridized carbons (Fsp3) is 0.375. The summed E-state index contributed by atoms with van der Waals surface area (Å²) in [4.78, 5) is 10.8. The number of carbonyl (C=O) groups excluding carboxylic acids is 1. The van der Waals surface area contributed by atoms with Gasteiger partial charge >= 0.3 is 5.97 Å². The van der Waals surface area contributed by atoms with Crippen molar-refractivity contribution in [2.45, 2.75) is 0 Å². The van der Waals surface area contributed by atoms with Gasteiger partial charge in [0.05, 0.1) is 6.61 Å². The minimum Gasteiger partial charge on any atom is -0.452 e. The number of terminal acetylenes is 1. The minimum atomic E-state index is -3.89. The summed E-state index contributed by atoms with van der Waals surface area (Å²) in [6, 6.07) is 0. The van der Waals surface area contributed by atoms with E-state index in [1.807, 2.05) is 5.92 Å². The Morgan fingerprint density at radius 2 is 2.21 bits per heavy atom. The predicted molar refractivity (Wildman–Crippen MR) is 49.7 cm³/mol. The van der Waals surface area contributed by atoms with E-state index in [1.165, 1.54) is 6.08 Å². The average molecular weight is 218 g/mol. The van der Waals surface area contributed by atoms with Crippen molar-refractivity contribution in [3.63, 3.8) is 0 Å². The van der Waals surface area contributed by atoms with Crippen molar-refractivity contribution in [3.05, 3.63) is 12.7 Å². The van der Waals surface area contributed by atoms with Crippen LogP contribution in [-0.2, 0) is 23.8 Å². The molecule has 0 aliphatic carbocycles. The summed E-state index contributed by atoms with van der Waals surface area (Å²) in [6.07, 6.45) is 6.05. The second kappa shape index (κ2) is 6.18. The van der Waals surface area contributed by atoms with Crippen LogP contribution in [0.25, 0.3) is 0 Å². The van der Waals surface area contributed by atoms with Gasteiger partial charge in [-0.15, -0.1) is 13.0 Å². The molecule has 0 aromatic carbocycles. The average Bonchev–Trinajstić information content (AvgIpc) is 2.11. The van der Waals surface area contributed by atoms with Gasteiger partial charge in [0.2, 0.25) is 0 Å². The lowest BCUT2D eigenvalue weighted by molar-refractivity contribution is -0.139. The van der Waals surface area contributed by atoms with Crippen molar-refractivity contribution in [3.8, 4) is 12.3 Å². The van der Waals surface area contributed by atoms with Crippen LogP contribution in [0.1, 0.15) is 0 Å². The quantitative estimate of drug-likeness (QED) is 0.265. The maximum Gasteiger partial charge on any atom is 0.324 e. The van der Waals surface area contributed by atoms with Crippen LogP contribution in [0.3, 0.4) is 0 Å². The lowest BCUT2D eigenvalue weighted by Crippen LogP contribution is -2.20. The number of hydrogen-bond donors (Lipinski definition) is 0. The Hall–Kier alpha value is -1.32. The molecule has 0 spiro atoms. The van der Waals surface area contributed by atoms with E-state index in [0.29, 0.717) is 0 Å². The molecule has 0 amide bonds. The Morgan fingerprint density at radius 1 is 1.57 bits per heavy atom. The molecule has 78 valence electrons. The minimum absolute atomic E-state index is 0.176. The lowest BCUT2D eigenvalue weighted by Gasteiger charge is -2.02. The van der Waals surface area contributed by atoms with Crippen LogP contribution in [0.15, 0.2) is 12.7 Å². The topological polar surface area (TPSA) is 69.7 Å². The van der Waals surface area contributed by atoms with Gasteiger partial charge in [0.1, 0.15) is 0 Å². The van der Waals surface area contributed by atoms with E-state index in [1.54, 1.807) is 0 Å². The lowest BCUT2D eigenvalue weighted by atomic mass is 10.7. The molecule has 0 atom stereocenters. The number of carbonyl (C=O) groups is 1. The number of esters is 1. The first kappa shape index (κ1) is 12.7. The zero-order valence-corrected chi connectivity index (χ0v) is 8.25. The zero-order valence-electron chi connectivity index (χ0n) is 7.43. The molecule has 0 saturated carbocycles. The summed E-state index contributed by atoms with van der Waals surface area (Å²) < 4.78 is 30.6. The maximum absolute atomic E-state index is 10.9. The molecule has 0 radical (unpaired) electrons. The third-order valence-electron chi connectivity index (χ3n) is 0.977. The Morgan fingerprint density at radius 3 is 2.71 bits per heavy atom. The number of hydrogen-bond acceptors (Lipinski definition) is 5. The molecule has 0 N–H and O–H groups in total. The fourth-order valence-corrected chi connectivity index (χ4v) is 1.26. The first-order valence-electron chi connectivity index (χ1n) is 3.59. The smallest absolute Gasteiger partial charge is 0.324 e. The van der Waals surface area contributed by atoms with Crippen LogP contribution in [-0.4, -0.2) is 33.4 Å². The van der Waals surface area contributed by atoms with Crippen molar-refractivity contribution >= 4 is 16.1 Å². The highest BCUT2D eigenvalue weighted by atomic mass is 32.2. The molecular formula is C8H10O5S. The van der Waals surface area contributed by atoms with Crippen LogP contribution < -0.4 is 0 Å². The first-order chi connectivity index (χ1) is 6.52. The summed E-state index contributed by atoms with van der Waals surface area (Å²) in [5.41, 5.74) is 0. The molecule has 0 heterocycles. The van der Waals surface area contributed by atoms with Crippen molar-refractivity contribution in [1.29, 1.82) is 0 Å². The molecule has 0 rings (SSSR count). The van der Waals surface area contributed by atoms with E-state index < -0.39 is 21.8 Å². The van der Waals surface area contributed by atoms with Gasteiger partial charge in [-0.05, 0) is 0 Å². The van der Waals surface area contributed by atoms with E-state index in [-0.39, 0.29) is 13.2 Å². The summed E-state index contributed by atoms with van der Waals surface area (Å²) in [5, 5.41) is 0. The van der Waals surface area contributed by atoms with Gasteiger partial charge in [-0.2, -0.15) is 8.42 Å². The Bertz CT molecular complexity index is 335. The Kier molecular flexibility index (Phi) is 5.60. The standard InChI is InChI=1S/C8H10O5S/c1-3-5-12-8(9)7-14(10,11)13-6-4-2/h1,4H,2,5-7H2. The van der Waals surface area contributed by atoms with Crippen molar-refractivity contribution < 1.29 is 22.1 Å². The molecule has 0 fully saturated rings. The molecule has 0 aliphatic heterocycles. The molecule has 0 saturated heterocycles. The summed E-state index contributed by atoms with van der Waals surface area (Å²) in [6.45, 7) is 2.83. The Labute approximate surface area is 82.8 Å². The third kappa shape index (κ3) is 6.22. The van der Waals surface area contributed by atoms with Gasteiger partial charge in [0.15, 0.2) is 12.4 Å². The summed E-state index contributed by atoms with van der Waals surface area (Å²) >= 11 is 0. The molecule has 0 aromatic heterocycles. The van der Waals surface area contributed by atoms with Crippen LogP contribution in [0.4, 0.5) is 0 Å². The molecule has 5 nitrogen and oxygen atoms in total. The van der Waals surface area contributed by atoms with Crippen molar-refractivity contribution in [2.75, 3.05) is 19.0 Å². The molecule has 0 unspecified atom stereocenters. The van der Waals surface area contributed by atoms with E-state index in [4.69, 9.17) is 6.42 Å². The van der Waals surface area contributed by atoms with Crippen LogP contribution >= 0.6 is 0 Å². The second-order valence-electron chi connectivity index (χ2n) is 2.14. The molecule has 0 aliphatic rings. The Balaban J connectivity index is 4.03. The normalized spacial score (nSPS) is 10.2. The SMILES string of the molecule is C#CCOC(=O)CS(=O)(=O)OCC=C. The van der Waals surface area contributed by atoms with Gasteiger partial charge in [-0.1, -0.05) is 12.0 Å². The van der Waals surface area contributed by atoms with Crippen LogP contribution in [0.5, 0.6) is 0 Å². The van der Waals surface area contributed by atoms with Crippen molar-refractivity contribution in [1.82, 2.24) is 0 Å². The number of ether oxygens (including phenoxy) is 1. The van der Waals surface area contributed by atoms with Crippen LogP contribution in [0, 0.1) is 12.3 Å². The van der Waals surface area contributed by atoms with E-state index in [9.17, 15) is 13.2 Å². The fourth-order valence-electron chi connectivity index (χ4n) is 0.502. The summed E-state index contributed by atoms with van der Waals surface area (Å²) in [7, 11) is -3.89. The molecular weight excluding hydrogens is 208 g/mol. The molecule has 0 bridgehead atoms. The van der Waals surface area contributed by atoms with Gasteiger partial charge in [-0.25, -0.2) is 0 Å². The first-order valence-corrected chi connectivity index (χ1v) is 5.16. The van der Waals surface area contributed by atoms with Crippen molar-refractivity contribution in [2.24, 2.45) is 0 Å². The molecule has 0 aromatic rings. The highest BCUT2D eigenvalue weighted by molar-refractivity contribution is 7.87. The third-order valence-corrected chi connectivity index (χ3v) is 2.06. The highest BCUT2D eigenvalue weighted by Gasteiger charge is 2.17. The van der Waals surface area contributed by atoms with Gasteiger partial charge in [0, 0.05) is 0 Å². The van der Waals surface area contributed by atoms with Crippen LogP contribution in [0.2, 0.25) is 0 Å². The van der Waals surface area contributed by atoms with Gasteiger partial charge < -0.3 is 4.74 Å². The maximum atomic E-state index is 10.9. The van der Waals surface area contributed by atoms with E-state index >= 15 is 0 Å². The highest BCUT2D eigenvalue weighted by Crippen LogP contribution is 1.94. The van der Waals surface area contributed by atoms with E-state index in [0.717, 1.165) is 0 Å². The number of rotatable bonds is 6. The zero-order chi connectivity index (χ0) is 11.0. The van der Waals surface area contributed by atoms with Gasteiger partial charge in [-0.3, -0.25) is 8.98 Å². The summed E-state index contributed by atoms with van der Waals surface area (Å²) in [5.74, 6) is 0.250. The second-order valence-corrected chi connectivity index (χ2v) is 3.78. The largest absolute Gasteiger partial charge is 0.452 e. The molecule has 14 heavy (non-hydrogen) atoms.